The van der Waals surface area contributed by atoms with E-state index in [4.69, 9.17) is 9.47 Å². The van der Waals surface area contributed by atoms with E-state index in [1.165, 1.54) is 20.3 Å². The highest BCUT2D eigenvalue weighted by atomic mass is 19.1. The number of ether oxygens (including phenoxy) is 2. The van der Waals surface area contributed by atoms with Crippen molar-refractivity contribution in [3.63, 3.8) is 0 Å². The maximum atomic E-state index is 13.5. The van der Waals surface area contributed by atoms with Crippen LogP contribution in [0.15, 0.2) is 36.4 Å². The van der Waals surface area contributed by atoms with Gasteiger partial charge in [0.05, 0.1) is 19.8 Å². The van der Waals surface area contributed by atoms with Gasteiger partial charge in [-0.2, -0.15) is 0 Å². The molecular formula is C18H18F2N2O4. The lowest BCUT2D eigenvalue weighted by Gasteiger charge is -2.10. The Balaban J connectivity index is 1.86. The van der Waals surface area contributed by atoms with Gasteiger partial charge in [-0.15, -0.1) is 0 Å². The maximum Gasteiger partial charge on any atom is 0.254 e. The highest BCUT2D eigenvalue weighted by Gasteiger charge is 2.13. The molecule has 2 N–H and O–H groups in total. The highest BCUT2D eigenvalue weighted by Crippen LogP contribution is 2.27. The van der Waals surface area contributed by atoms with Crippen molar-refractivity contribution in [2.75, 3.05) is 27.3 Å². The van der Waals surface area contributed by atoms with Crippen LogP contribution in [0.2, 0.25) is 0 Å². The fourth-order valence-electron chi connectivity index (χ4n) is 2.20. The fourth-order valence-corrected chi connectivity index (χ4v) is 2.20. The zero-order chi connectivity index (χ0) is 19.1. The molecule has 0 spiro atoms. The predicted molar refractivity (Wildman–Crippen MR) is 90.6 cm³/mol. The van der Waals surface area contributed by atoms with Crippen LogP contribution in [0.1, 0.15) is 20.7 Å². The molecule has 0 aromatic heterocycles. The Hall–Kier alpha value is -3.16. The molecule has 0 radical (unpaired) electrons. The van der Waals surface area contributed by atoms with Gasteiger partial charge in [0.1, 0.15) is 11.6 Å². The number of hydrogen-bond acceptors (Lipinski definition) is 4. The first kappa shape index (κ1) is 19.2. The average Bonchev–Trinajstić information content (AvgIpc) is 2.64. The Bertz CT molecular complexity index is 812. The molecule has 0 aliphatic carbocycles. The molecule has 0 saturated heterocycles. The van der Waals surface area contributed by atoms with Gasteiger partial charge in [0.2, 0.25) is 0 Å². The number of rotatable bonds is 7. The molecule has 0 fully saturated rings. The minimum atomic E-state index is -0.947. The summed E-state index contributed by atoms with van der Waals surface area (Å²) >= 11 is 0. The number of hydrogen-bond donors (Lipinski definition) is 2. The van der Waals surface area contributed by atoms with Crippen molar-refractivity contribution in [2.45, 2.75) is 0 Å². The summed E-state index contributed by atoms with van der Waals surface area (Å²) in [6, 6.07) is 7.39. The molecule has 0 heterocycles. The lowest BCUT2D eigenvalue weighted by atomic mass is 10.2. The molecule has 2 aromatic carbocycles. The van der Waals surface area contributed by atoms with E-state index < -0.39 is 17.5 Å². The number of carbonyl (C=O) groups excluding carboxylic acids is 2. The van der Waals surface area contributed by atoms with Crippen molar-refractivity contribution in [3.05, 3.63) is 59.2 Å². The smallest absolute Gasteiger partial charge is 0.254 e. The minimum absolute atomic E-state index is 0.0781. The van der Waals surface area contributed by atoms with Crippen molar-refractivity contribution in [1.29, 1.82) is 0 Å². The Morgan fingerprint density at radius 2 is 1.54 bits per heavy atom. The molecule has 0 saturated carbocycles. The summed E-state index contributed by atoms with van der Waals surface area (Å²) in [7, 11) is 2.95. The molecule has 0 unspecified atom stereocenters. The Morgan fingerprint density at radius 1 is 0.885 bits per heavy atom. The van der Waals surface area contributed by atoms with E-state index in [9.17, 15) is 18.4 Å². The van der Waals surface area contributed by atoms with Gasteiger partial charge >= 0.3 is 0 Å². The normalized spacial score (nSPS) is 10.2. The molecule has 138 valence electrons. The zero-order valence-electron chi connectivity index (χ0n) is 14.3. The van der Waals surface area contributed by atoms with Crippen LogP contribution in [-0.2, 0) is 0 Å². The lowest BCUT2D eigenvalue weighted by molar-refractivity contribution is 0.0925. The van der Waals surface area contributed by atoms with Crippen LogP contribution in [0.3, 0.4) is 0 Å². The third-order valence-corrected chi connectivity index (χ3v) is 3.52. The first-order valence-electron chi connectivity index (χ1n) is 7.69. The molecule has 0 atom stereocenters. The number of nitrogens with one attached hydrogen (secondary N) is 2. The zero-order valence-corrected chi connectivity index (χ0v) is 14.3. The summed E-state index contributed by atoms with van der Waals surface area (Å²) < 4.78 is 36.6. The molecule has 2 rings (SSSR count). The maximum absolute atomic E-state index is 13.5. The SMILES string of the molecule is COc1ccc(C(=O)NCCNC(=O)c2ccc(F)cc2F)cc1OC. The first-order valence-corrected chi connectivity index (χ1v) is 7.69. The highest BCUT2D eigenvalue weighted by molar-refractivity contribution is 5.95. The van der Waals surface area contributed by atoms with E-state index in [1.54, 1.807) is 12.1 Å². The van der Waals surface area contributed by atoms with Crippen LogP contribution in [0, 0.1) is 11.6 Å². The third kappa shape index (κ3) is 4.69. The Morgan fingerprint density at radius 3 is 2.15 bits per heavy atom. The summed E-state index contributed by atoms with van der Waals surface area (Å²) in [5.41, 5.74) is 0.0937. The summed E-state index contributed by atoms with van der Waals surface area (Å²) in [5, 5.41) is 5.06. The molecule has 26 heavy (non-hydrogen) atoms. The second kappa shape index (κ2) is 8.80. The van der Waals surface area contributed by atoms with Crippen molar-refractivity contribution >= 4 is 11.8 Å². The topological polar surface area (TPSA) is 76.7 Å². The van der Waals surface area contributed by atoms with E-state index in [1.807, 2.05) is 0 Å². The lowest BCUT2D eigenvalue weighted by Crippen LogP contribution is -2.35. The summed E-state index contributed by atoms with van der Waals surface area (Å²) in [6.45, 7) is 0.205. The Kier molecular flexibility index (Phi) is 6.48. The molecule has 0 bridgehead atoms. The second-order valence-electron chi connectivity index (χ2n) is 5.21. The van der Waals surface area contributed by atoms with Crippen LogP contribution >= 0.6 is 0 Å². The number of benzene rings is 2. The molecule has 0 aliphatic rings. The van der Waals surface area contributed by atoms with E-state index in [-0.39, 0.29) is 24.6 Å². The molecule has 2 aromatic rings. The fraction of sp³-hybridized carbons (Fsp3) is 0.222. The molecule has 8 heteroatoms. The van der Waals surface area contributed by atoms with Gasteiger partial charge in [0.15, 0.2) is 11.5 Å². The Labute approximate surface area is 149 Å². The van der Waals surface area contributed by atoms with Gasteiger partial charge in [-0.25, -0.2) is 8.78 Å². The predicted octanol–water partition coefficient (Wildman–Crippen LogP) is 2.14. The quantitative estimate of drug-likeness (QED) is 0.738. The van der Waals surface area contributed by atoms with Crippen LogP contribution in [0.25, 0.3) is 0 Å². The standard InChI is InChI=1S/C18H18F2N2O4/c1-25-15-6-3-11(9-16(15)26-2)17(23)21-7-8-22-18(24)13-5-4-12(19)10-14(13)20/h3-6,9-10H,7-8H2,1-2H3,(H,21,23)(H,22,24). The van der Waals surface area contributed by atoms with Gasteiger partial charge in [-0.1, -0.05) is 0 Å². The first-order chi connectivity index (χ1) is 12.5. The van der Waals surface area contributed by atoms with Gasteiger partial charge in [-0.3, -0.25) is 9.59 Å². The van der Waals surface area contributed by atoms with Crippen molar-refractivity contribution in [3.8, 4) is 11.5 Å². The second-order valence-corrected chi connectivity index (χ2v) is 5.21. The van der Waals surface area contributed by atoms with E-state index in [2.05, 4.69) is 10.6 Å². The minimum Gasteiger partial charge on any atom is -0.493 e. The van der Waals surface area contributed by atoms with Crippen LogP contribution in [0.4, 0.5) is 8.78 Å². The van der Waals surface area contributed by atoms with Gasteiger partial charge in [-0.05, 0) is 30.3 Å². The van der Waals surface area contributed by atoms with E-state index in [0.717, 1.165) is 12.1 Å². The number of carbonyl (C=O) groups is 2. The van der Waals surface area contributed by atoms with E-state index >= 15 is 0 Å². The van der Waals surface area contributed by atoms with Gasteiger partial charge in [0.25, 0.3) is 11.8 Å². The summed E-state index contributed by atoms with van der Waals surface area (Å²) in [5.74, 6) is -1.85. The van der Waals surface area contributed by atoms with Crippen LogP contribution < -0.4 is 20.1 Å². The molecule has 6 nitrogen and oxygen atoms in total. The average molecular weight is 364 g/mol. The monoisotopic (exact) mass is 364 g/mol. The molecule has 0 aliphatic heterocycles. The van der Waals surface area contributed by atoms with Crippen molar-refractivity contribution in [2.24, 2.45) is 0 Å². The van der Waals surface area contributed by atoms with Crippen molar-refractivity contribution in [1.82, 2.24) is 10.6 Å². The van der Waals surface area contributed by atoms with Crippen LogP contribution in [-0.4, -0.2) is 39.1 Å². The summed E-state index contributed by atoms with van der Waals surface area (Å²) in [4.78, 5) is 23.9. The number of amides is 2. The van der Waals surface area contributed by atoms with E-state index in [0.29, 0.717) is 23.1 Å². The van der Waals surface area contributed by atoms with Gasteiger partial charge < -0.3 is 20.1 Å². The van der Waals surface area contributed by atoms with Gasteiger partial charge in [0, 0.05) is 24.7 Å². The molecular weight excluding hydrogens is 346 g/mol. The number of methoxy groups -OCH3 is 2. The number of halogens is 2. The molecule has 2 amide bonds. The van der Waals surface area contributed by atoms with Crippen molar-refractivity contribution < 1.29 is 27.8 Å². The summed E-state index contributed by atoms with van der Waals surface area (Å²) in [6.07, 6.45) is 0. The largest absolute Gasteiger partial charge is 0.493 e. The van der Waals surface area contributed by atoms with Crippen LogP contribution in [0.5, 0.6) is 11.5 Å². The third-order valence-electron chi connectivity index (χ3n) is 3.52.